The third kappa shape index (κ3) is 5.45. The van der Waals surface area contributed by atoms with Gasteiger partial charge in [0.2, 0.25) is 5.91 Å². The van der Waals surface area contributed by atoms with E-state index in [1.807, 2.05) is 18.5 Å². The molecule has 0 radical (unpaired) electrons. The highest BCUT2D eigenvalue weighted by atomic mass is 32.2. The third-order valence-electron chi connectivity index (χ3n) is 5.13. The maximum Gasteiger partial charge on any atom is 0.293 e. The Morgan fingerprint density at radius 2 is 1.97 bits per heavy atom. The molecule has 1 aromatic carbocycles. The zero-order valence-electron chi connectivity index (χ0n) is 18.6. The first-order valence-electron chi connectivity index (χ1n) is 10.5. The van der Waals surface area contributed by atoms with Gasteiger partial charge in [-0.2, -0.15) is 5.10 Å². The summed E-state index contributed by atoms with van der Waals surface area (Å²) in [7, 11) is 0. The molecular formula is C23H27FN4O3S. The van der Waals surface area contributed by atoms with Crippen molar-refractivity contribution >= 4 is 34.9 Å². The van der Waals surface area contributed by atoms with E-state index in [4.69, 9.17) is 0 Å². The van der Waals surface area contributed by atoms with Gasteiger partial charge in [0.25, 0.3) is 11.1 Å². The molecule has 0 aliphatic carbocycles. The number of hydrogen-bond acceptors (Lipinski definition) is 5. The number of aromatic nitrogens is 2. The second-order valence-electron chi connectivity index (χ2n) is 8.11. The minimum atomic E-state index is -0.487. The molecular weight excluding hydrogens is 431 g/mol. The van der Waals surface area contributed by atoms with Crippen molar-refractivity contribution in [3.8, 4) is 0 Å². The van der Waals surface area contributed by atoms with Crippen molar-refractivity contribution in [1.29, 1.82) is 0 Å². The topological polar surface area (TPSA) is 84.3 Å². The zero-order chi connectivity index (χ0) is 23.4. The predicted octanol–water partition coefficient (Wildman–Crippen LogP) is 3.69. The average molecular weight is 459 g/mol. The number of benzene rings is 1. The van der Waals surface area contributed by atoms with Gasteiger partial charge in [-0.15, -0.1) is 0 Å². The number of amides is 3. The largest absolute Gasteiger partial charge is 0.354 e. The van der Waals surface area contributed by atoms with Gasteiger partial charge in [0.1, 0.15) is 5.82 Å². The highest BCUT2D eigenvalue weighted by Gasteiger charge is 2.34. The Kier molecular flexibility index (Phi) is 7.50. The van der Waals surface area contributed by atoms with Crippen LogP contribution < -0.4 is 5.32 Å². The van der Waals surface area contributed by atoms with Crippen LogP contribution in [0.1, 0.15) is 36.4 Å². The van der Waals surface area contributed by atoms with Gasteiger partial charge in [-0.05, 0) is 43.7 Å². The van der Waals surface area contributed by atoms with E-state index in [-0.39, 0.29) is 35.9 Å². The molecule has 1 aliphatic heterocycles. The second-order valence-corrected chi connectivity index (χ2v) is 9.10. The maximum absolute atomic E-state index is 13.8. The van der Waals surface area contributed by atoms with E-state index < -0.39 is 17.0 Å². The molecule has 1 N–H and O–H groups in total. The van der Waals surface area contributed by atoms with Crippen LogP contribution in [0.5, 0.6) is 0 Å². The number of carbonyl (C=O) groups is 3. The number of carbonyl (C=O) groups excluding carboxylic acids is 3. The third-order valence-corrected chi connectivity index (χ3v) is 6.04. The molecule has 1 saturated heterocycles. The van der Waals surface area contributed by atoms with E-state index >= 15 is 0 Å². The van der Waals surface area contributed by atoms with Crippen molar-refractivity contribution in [2.24, 2.45) is 5.92 Å². The van der Waals surface area contributed by atoms with Crippen LogP contribution in [-0.2, 0) is 22.6 Å². The Bertz CT molecular complexity index is 1080. The quantitative estimate of drug-likeness (QED) is 0.610. The first-order chi connectivity index (χ1) is 15.2. The van der Waals surface area contributed by atoms with Gasteiger partial charge in [-0.1, -0.05) is 32.0 Å². The monoisotopic (exact) mass is 458 g/mol. The summed E-state index contributed by atoms with van der Waals surface area (Å²) in [5, 5.41) is 6.85. The molecule has 9 heteroatoms. The molecule has 1 aliphatic rings. The minimum Gasteiger partial charge on any atom is -0.354 e. The Balaban J connectivity index is 1.56. The summed E-state index contributed by atoms with van der Waals surface area (Å²) in [6.07, 6.45) is 1.56. The molecule has 1 fully saturated rings. The van der Waals surface area contributed by atoms with Crippen LogP contribution in [0.15, 0.2) is 29.2 Å². The number of imide groups is 1. The molecule has 0 spiro atoms. The SMILES string of the molecule is Cc1nn(CC(C)C)c(C)c1CC(=O)NCCN1C(=O)S/C(=C\c2ccccc2F)C1=O. The predicted molar refractivity (Wildman–Crippen MR) is 122 cm³/mol. The number of nitrogens with one attached hydrogen (secondary N) is 1. The Morgan fingerprint density at radius 3 is 2.66 bits per heavy atom. The number of halogens is 1. The van der Waals surface area contributed by atoms with Crippen molar-refractivity contribution in [3.05, 3.63) is 57.5 Å². The zero-order valence-corrected chi connectivity index (χ0v) is 19.5. The second kappa shape index (κ2) is 10.1. The highest BCUT2D eigenvalue weighted by Crippen LogP contribution is 2.32. The summed E-state index contributed by atoms with van der Waals surface area (Å²) >= 11 is 0.766. The fourth-order valence-corrected chi connectivity index (χ4v) is 4.33. The fourth-order valence-electron chi connectivity index (χ4n) is 3.47. The fraction of sp³-hybridized carbons (Fsp3) is 0.391. The number of thioether (sulfide) groups is 1. The molecule has 1 aromatic heterocycles. The molecule has 0 unspecified atom stereocenters. The first kappa shape index (κ1) is 23.7. The van der Waals surface area contributed by atoms with Gasteiger partial charge in [0.05, 0.1) is 17.0 Å². The summed E-state index contributed by atoms with van der Waals surface area (Å²) < 4.78 is 15.8. The molecule has 2 aromatic rings. The molecule has 0 bridgehead atoms. The van der Waals surface area contributed by atoms with Gasteiger partial charge in [0.15, 0.2) is 0 Å². The lowest BCUT2D eigenvalue weighted by atomic mass is 10.1. The normalized spacial score (nSPS) is 15.3. The van der Waals surface area contributed by atoms with Crippen LogP contribution in [0.25, 0.3) is 6.08 Å². The number of rotatable bonds is 8. The average Bonchev–Trinajstić information content (AvgIpc) is 3.13. The molecule has 32 heavy (non-hydrogen) atoms. The standard InChI is InChI=1S/C23H27FN4O3S/c1-14(2)13-28-16(4)18(15(3)26-28)12-21(29)25-9-10-27-22(30)20(32-23(27)31)11-17-7-5-6-8-19(17)24/h5-8,11,14H,9-10,12-13H2,1-4H3,(H,25,29)/b20-11-. The van der Waals surface area contributed by atoms with Crippen molar-refractivity contribution in [2.45, 2.75) is 40.7 Å². The Hall–Kier alpha value is -2.94. The van der Waals surface area contributed by atoms with Crippen molar-refractivity contribution in [3.63, 3.8) is 0 Å². The van der Waals surface area contributed by atoms with Gasteiger partial charge in [-0.3, -0.25) is 24.0 Å². The van der Waals surface area contributed by atoms with Crippen molar-refractivity contribution in [2.75, 3.05) is 13.1 Å². The van der Waals surface area contributed by atoms with Gasteiger partial charge < -0.3 is 5.32 Å². The van der Waals surface area contributed by atoms with Gasteiger partial charge in [0, 0.05) is 36.5 Å². The molecule has 170 valence electrons. The van der Waals surface area contributed by atoms with Crippen LogP contribution in [0.2, 0.25) is 0 Å². The lowest BCUT2D eigenvalue weighted by molar-refractivity contribution is -0.124. The van der Waals surface area contributed by atoms with E-state index in [1.54, 1.807) is 12.1 Å². The van der Waals surface area contributed by atoms with E-state index in [0.717, 1.165) is 40.2 Å². The number of hydrogen-bond donors (Lipinski definition) is 1. The number of aryl methyl sites for hydroxylation is 1. The number of nitrogens with zero attached hydrogens (tertiary/aromatic N) is 3. The molecule has 3 rings (SSSR count). The van der Waals surface area contributed by atoms with Gasteiger partial charge in [-0.25, -0.2) is 4.39 Å². The molecule has 0 atom stereocenters. The lowest BCUT2D eigenvalue weighted by Crippen LogP contribution is -2.37. The lowest BCUT2D eigenvalue weighted by Gasteiger charge is -2.13. The van der Waals surface area contributed by atoms with Crippen LogP contribution in [-0.4, -0.2) is 44.8 Å². The smallest absolute Gasteiger partial charge is 0.293 e. The summed E-state index contributed by atoms with van der Waals surface area (Å²) in [4.78, 5) is 38.4. The molecule has 7 nitrogen and oxygen atoms in total. The summed E-state index contributed by atoms with van der Waals surface area (Å²) in [6.45, 7) is 9.03. The summed E-state index contributed by atoms with van der Waals surface area (Å²) in [5.74, 6) is -0.706. The molecule has 0 saturated carbocycles. The van der Waals surface area contributed by atoms with Gasteiger partial charge >= 0.3 is 0 Å². The van der Waals surface area contributed by atoms with E-state index in [0.29, 0.717) is 5.92 Å². The first-order valence-corrected chi connectivity index (χ1v) is 11.3. The van der Waals surface area contributed by atoms with Crippen molar-refractivity contribution < 1.29 is 18.8 Å². The van der Waals surface area contributed by atoms with E-state index in [9.17, 15) is 18.8 Å². The Morgan fingerprint density at radius 1 is 1.25 bits per heavy atom. The summed E-state index contributed by atoms with van der Waals surface area (Å²) in [6, 6.07) is 6.04. The highest BCUT2D eigenvalue weighted by molar-refractivity contribution is 8.18. The summed E-state index contributed by atoms with van der Waals surface area (Å²) in [5.41, 5.74) is 2.93. The van der Waals surface area contributed by atoms with Crippen LogP contribution in [0.3, 0.4) is 0 Å². The minimum absolute atomic E-state index is 0.0512. The van der Waals surface area contributed by atoms with E-state index in [1.165, 1.54) is 18.2 Å². The van der Waals surface area contributed by atoms with Crippen molar-refractivity contribution in [1.82, 2.24) is 20.0 Å². The Labute approximate surface area is 191 Å². The molecule has 3 amide bonds. The van der Waals surface area contributed by atoms with Crippen LogP contribution in [0.4, 0.5) is 9.18 Å². The maximum atomic E-state index is 13.8. The van der Waals surface area contributed by atoms with Crippen LogP contribution in [0, 0.1) is 25.6 Å². The molecule has 2 heterocycles. The van der Waals surface area contributed by atoms with E-state index in [2.05, 4.69) is 24.3 Å². The van der Waals surface area contributed by atoms with Crippen LogP contribution >= 0.6 is 11.8 Å².